The molecule has 5 heteroatoms. The number of methoxy groups -OCH3 is 1. The third-order valence-electron chi connectivity index (χ3n) is 2.22. The Labute approximate surface area is 97.9 Å². The predicted molar refractivity (Wildman–Crippen MR) is 63.2 cm³/mol. The van der Waals surface area contributed by atoms with E-state index in [1.54, 1.807) is 19.1 Å². The van der Waals surface area contributed by atoms with Gasteiger partial charge in [0.05, 0.1) is 13.0 Å². The van der Waals surface area contributed by atoms with Gasteiger partial charge in [-0.1, -0.05) is 0 Å². The summed E-state index contributed by atoms with van der Waals surface area (Å²) in [5.74, 6) is 0.111. The molecule has 0 bridgehead atoms. The smallest absolute Gasteiger partial charge is 0.224 e. The highest BCUT2D eigenvalue weighted by Crippen LogP contribution is 1.94. The standard InChI is InChI=1S/C11H24N2O3/c1-13(7-3-6-12)11(14)5-10-16-9-4-8-15-2/h3-10,12H2,1-2H3. The van der Waals surface area contributed by atoms with E-state index in [0.717, 1.165) is 19.4 Å². The molecule has 0 aliphatic carbocycles. The van der Waals surface area contributed by atoms with E-state index in [0.29, 0.717) is 32.8 Å². The summed E-state index contributed by atoms with van der Waals surface area (Å²) < 4.78 is 10.2. The fraction of sp³-hybridized carbons (Fsp3) is 0.909. The van der Waals surface area contributed by atoms with E-state index in [1.165, 1.54) is 0 Å². The van der Waals surface area contributed by atoms with E-state index in [4.69, 9.17) is 15.2 Å². The van der Waals surface area contributed by atoms with Gasteiger partial charge in [-0.25, -0.2) is 0 Å². The van der Waals surface area contributed by atoms with Gasteiger partial charge in [0, 0.05) is 33.9 Å². The molecule has 0 aromatic rings. The average Bonchev–Trinajstić information content (AvgIpc) is 2.30. The Kier molecular flexibility index (Phi) is 10.4. The van der Waals surface area contributed by atoms with Crippen molar-refractivity contribution in [2.24, 2.45) is 5.73 Å². The quantitative estimate of drug-likeness (QED) is 0.548. The first-order valence-electron chi connectivity index (χ1n) is 5.73. The first-order valence-corrected chi connectivity index (χ1v) is 5.73. The van der Waals surface area contributed by atoms with Gasteiger partial charge >= 0.3 is 0 Å². The largest absolute Gasteiger partial charge is 0.385 e. The van der Waals surface area contributed by atoms with Crippen LogP contribution in [0.2, 0.25) is 0 Å². The molecule has 0 heterocycles. The number of hydrogen-bond acceptors (Lipinski definition) is 4. The molecule has 2 N–H and O–H groups in total. The van der Waals surface area contributed by atoms with Crippen molar-refractivity contribution >= 4 is 5.91 Å². The van der Waals surface area contributed by atoms with Crippen LogP contribution in [0, 0.1) is 0 Å². The fourth-order valence-electron chi connectivity index (χ4n) is 1.21. The summed E-state index contributed by atoms with van der Waals surface area (Å²) in [7, 11) is 3.46. The van der Waals surface area contributed by atoms with Crippen LogP contribution in [0.15, 0.2) is 0 Å². The molecule has 0 aromatic carbocycles. The molecule has 0 radical (unpaired) electrons. The second-order valence-corrected chi connectivity index (χ2v) is 3.67. The summed E-state index contributed by atoms with van der Waals surface area (Å²) in [5, 5.41) is 0. The number of nitrogens with two attached hydrogens (primary N) is 1. The monoisotopic (exact) mass is 232 g/mol. The molecular formula is C11H24N2O3. The second kappa shape index (κ2) is 10.9. The molecular weight excluding hydrogens is 208 g/mol. The van der Waals surface area contributed by atoms with Gasteiger partial charge in [0.1, 0.15) is 0 Å². The van der Waals surface area contributed by atoms with Crippen molar-refractivity contribution < 1.29 is 14.3 Å². The van der Waals surface area contributed by atoms with Crippen LogP contribution in [0.5, 0.6) is 0 Å². The van der Waals surface area contributed by atoms with Gasteiger partial charge < -0.3 is 20.1 Å². The third kappa shape index (κ3) is 8.64. The predicted octanol–water partition coefficient (Wildman–Crippen LogP) is 0.237. The number of carbonyl (C=O) groups is 1. The van der Waals surface area contributed by atoms with E-state index < -0.39 is 0 Å². The summed E-state index contributed by atoms with van der Waals surface area (Å²) >= 11 is 0. The van der Waals surface area contributed by atoms with Crippen molar-refractivity contribution in [3.05, 3.63) is 0 Å². The van der Waals surface area contributed by atoms with Gasteiger partial charge in [-0.3, -0.25) is 4.79 Å². The van der Waals surface area contributed by atoms with Gasteiger partial charge in [-0.05, 0) is 19.4 Å². The van der Waals surface area contributed by atoms with Crippen LogP contribution < -0.4 is 5.73 Å². The van der Waals surface area contributed by atoms with Crippen molar-refractivity contribution in [1.82, 2.24) is 4.90 Å². The average molecular weight is 232 g/mol. The van der Waals surface area contributed by atoms with E-state index in [9.17, 15) is 4.79 Å². The lowest BCUT2D eigenvalue weighted by molar-refractivity contribution is -0.131. The summed E-state index contributed by atoms with van der Waals surface area (Å²) in [6.45, 7) is 3.16. The molecule has 0 atom stereocenters. The van der Waals surface area contributed by atoms with Gasteiger partial charge in [-0.15, -0.1) is 0 Å². The minimum Gasteiger partial charge on any atom is -0.385 e. The molecule has 5 nitrogen and oxygen atoms in total. The Morgan fingerprint density at radius 3 is 2.62 bits per heavy atom. The molecule has 0 saturated carbocycles. The molecule has 16 heavy (non-hydrogen) atoms. The normalized spacial score (nSPS) is 10.4. The highest BCUT2D eigenvalue weighted by molar-refractivity contribution is 5.75. The maximum atomic E-state index is 11.5. The van der Waals surface area contributed by atoms with Crippen LogP contribution in [0.25, 0.3) is 0 Å². The van der Waals surface area contributed by atoms with E-state index in [2.05, 4.69) is 0 Å². The van der Waals surface area contributed by atoms with Crippen molar-refractivity contribution in [2.45, 2.75) is 19.3 Å². The molecule has 0 rings (SSSR count). The zero-order valence-electron chi connectivity index (χ0n) is 10.4. The molecule has 0 aliphatic heterocycles. The van der Waals surface area contributed by atoms with E-state index in [1.807, 2.05) is 0 Å². The number of amides is 1. The Hall–Kier alpha value is -0.650. The van der Waals surface area contributed by atoms with E-state index in [-0.39, 0.29) is 5.91 Å². The number of rotatable bonds is 10. The molecule has 0 spiro atoms. The summed E-state index contributed by atoms with van der Waals surface area (Å²) in [6, 6.07) is 0. The second-order valence-electron chi connectivity index (χ2n) is 3.67. The Balaban J connectivity index is 3.35. The Bertz CT molecular complexity index is 177. The fourth-order valence-corrected chi connectivity index (χ4v) is 1.21. The van der Waals surface area contributed by atoms with E-state index >= 15 is 0 Å². The third-order valence-corrected chi connectivity index (χ3v) is 2.22. The zero-order valence-corrected chi connectivity index (χ0v) is 10.4. The zero-order chi connectivity index (χ0) is 12.2. The van der Waals surface area contributed by atoms with Crippen LogP contribution in [-0.4, -0.2) is 57.9 Å². The maximum absolute atomic E-state index is 11.5. The molecule has 0 aliphatic rings. The highest BCUT2D eigenvalue weighted by Gasteiger charge is 2.07. The van der Waals surface area contributed by atoms with Crippen molar-refractivity contribution in [2.75, 3.05) is 47.1 Å². The lowest BCUT2D eigenvalue weighted by atomic mass is 10.3. The lowest BCUT2D eigenvalue weighted by Gasteiger charge is -2.16. The van der Waals surface area contributed by atoms with Gasteiger partial charge in [0.25, 0.3) is 0 Å². The van der Waals surface area contributed by atoms with Crippen molar-refractivity contribution in [3.8, 4) is 0 Å². The summed E-state index contributed by atoms with van der Waals surface area (Å²) in [5.41, 5.74) is 5.37. The molecule has 96 valence electrons. The summed E-state index contributed by atoms with van der Waals surface area (Å²) in [4.78, 5) is 13.2. The summed E-state index contributed by atoms with van der Waals surface area (Å²) in [6.07, 6.45) is 2.15. The van der Waals surface area contributed by atoms with Crippen LogP contribution in [0.1, 0.15) is 19.3 Å². The van der Waals surface area contributed by atoms with Crippen LogP contribution in [0.3, 0.4) is 0 Å². The first-order chi connectivity index (χ1) is 7.72. The topological polar surface area (TPSA) is 64.8 Å². The molecule has 0 aromatic heterocycles. The lowest BCUT2D eigenvalue weighted by Crippen LogP contribution is -2.29. The minimum absolute atomic E-state index is 0.111. The van der Waals surface area contributed by atoms with Crippen LogP contribution in [-0.2, 0) is 14.3 Å². The Morgan fingerprint density at radius 1 is 1.25 bits per heavy atom. The van der Waals surface area contributed by atoms with Gasteiger partial charge in [0.15, 0.2) is 0 Å². The number of carbonyl (C=O) groups excluding carboxylic acids is 1. The molecule has 1 amide bonds. The SMILES string of the molecule is COCCCOCCC(=O)N(C)CCCN. The molecule has 0 fully saturated rings. The Morgan fingerprint density at radius 2 is 2.00 bits per heavy atom. The van der Waals surface area contributed by atoms with Crippen molar-refractivity contribution in [1.29, 1.82) is 0 Å². The highest BCUT2D eigenvalue weighted by atomic mass is 16.5. The number of ether oxygens (including phenoxy) is 2. The number of nitrogens with zero attached hydrogens (tertiary/aromatic N) is 1. The van der Waals surface area contributed by atoms with Gasteiger partial charge in [-0.2, -0.15) is 0 Å². The van der Waals surface area contributed by atoms with Gasteiger partial charge in [0.2, 0.25) is 5.91 Å². The molecule has 0 saturated heterocycles. The maximum Gasteiger partial charge on any atom is 0.224 e. The van der Waals surface area contributed by atoms with Crippen molar-refractivity contribution in [3.63, 3.8) is 0 Å². The number of hydrogen-bond donors (Lipinski definition) is 1. The molecule has 0 unspecified atom stereocenters. The first kappa shape index (κ1) is 15.3. The van der Waals surface area contributed by atoms with Crippen LogP contribution in [0.4, 0.5) is 0 Å². The minimum atomic E-state index is 0.111. The van der Waals surface area contributed by atoms with Crippen LogP contribution >= 0.6 is 0 Å².